The summed E-state index contributed by atoms with van der Waals surface area (Å²) in [6, 6.07) is 23.8. The maximum Gasteiger partial charge on any atom is 0.267 e. The van der Waals surface area contributed by atoms with Crippen molar-refractivity contribution in [2.45, 2.75) is 44.8 Å². The van der Waals surface area contributed by atoms with Crippen molar-refractivity contribution >= 4 is 47.5 Å². The Labute approximate surface area is 314 Å². The molecule has 1 N–H and O–H groups in total. The molecule has 0 saturated carbocycles. The molecule has 3 aromatic carbocycles. The fourth-order valence-electron chi connectivity index (χ4n) is 7.68. The minimum Gasteiger partial charge on any atom is -0.508 e. The number of phenols is 1. The molecule has 1 saturated heterocycles. The second-order valence-electron chi connectivity index (χ2n) is 13.4. The highest BCUT2D eigenvalue weighted by atomic mass is 35.5. The van der Waals surface area contributed by atoms with Crippen LogP contribution < -0.4 is 4.90 Å². The summed E-state index contributed by atoms with van der Waals surface area (Å²) < 4.78 is 7.79. The zero-order valence-corrected chi connectivity index (χ0v) is 30.2. The zero-order chi connectivity index (χ0) is 34.9. The number of nitrogens with zero attached hydrogens (tertiary/aromatic N) is 6. The van der Waals surface area contributed by atoms with Gasteiger partial charge in [0.2, 0.25) is 5.95 Å². The fourth-order valence-corrected chi connectivity index (χ4v) is 7.85. The molecule has 52 heavy (non-hydrogen) atoms. The van der Waals surface area contributed by atoms with E-state index in [1.165, 1.54) is 22.6 Å². The van der Waals surface area contributed by atoms with Gasteiger partial charge in [0.25, 0.3) is 11.8 Å². The molecule has 0 bridgehead atoms. The molecule has 0 aliphatic carbocycles. The fraction of sp³-hybridized carbons (Fsp3) is 0.300. The third kappa shape index (κ3) is 7.04. The number of fused-ring (bicyclic) bond motifs is 2. The van der Waals surface area contributed by atoms with Crippen molar-refractivity contribution in [1.29, 1.82) is 0 Å². The van der Waals surface area contributed by atoms with Crippen LogP contribution in [0.25, 0.3) is 11.3 Å². The highest BCUT2D eigenvalue weighted by Crippen LogP contribution is 2.38. The van der Waals surface area contributed by atoms with E-state index in [2.05, 4.69) is 37.6 Å². The van der Waals surface area contributed by atoms with E-state index in [0.717, 1.165) is 55.8 Å². The second kappa shape index (κ2) is 15.5. The minimum atomic E-state index is -0.295. The first-order valence-corrected chi connectivity index (χ1v) is 17.9. The van der Waals surface area contributed by atoms with Crippen LogP contribution in [0.1, 0.15) is 50.4 Å². The summed E-state index contributed by atoms with van der Waals surface area (Å²) in [5.41, 5.74) is 6.41. The van der Waals surface area contributed by atoms with Gasteiger partial charge in [0.1, 0.15) is 5.75 Å². The van der Waals surface area contributed by atoms with Crippen molar-refractivity contribution in [3.05, 3.63) is 124 Å². The van der Waals surface area contributed by atoms with Crippen LogP contribution in [-0.2, 0) is 30.7 Å². The lowest BCUT2D eigenvalue weighted by Crippen LogP contribution is -2.52. The van der Waals surface area contributed by atoms with Crippen LogP contribution >= 0.6 is 24.0 Å². The van der Waals surface area contributed by atoms with Crippen molar-refractivity contribution in [3.63, 3.8) is 0 Å². The third-order valence-corrected chi connectivity index (χ3v) is 10.5. The van der Waals surface area contributed by atoms with Gasteiger partial charge < -0.3 is 19.3 Å². The van der Waals surface area contributed by atoms with E-state index >= 15 is 0 Å². The number of hydrogen-bond donors (Lipinski definition) is 1. The number of ether oxygens (including phenoxy) is 1. The van der Waals surface area contributed by atoms with Crippen LogP contribution in [0.4, 0.5) is 11.6 Å². The van der Waals surface area contributed by atoms with E-state index in [1.54, 1.807) is 36.7 Å². The summed E-state index contributed by atoms with van der Waals surface area (Å²) in [5.74, 6) is -0.0408. The number of morpholine rings is 1. The number of benzene rings is 3. The number of phenolic OH excluding ortho intramolecular Hbond substituents is 1. The number of anilines is 2. The Morgan fingerprint density at radius 3 is 2.40 bits per heavy atom. The van der Waals surface area contributed by atoms with E-state index in [9.17, 15) is 14.7 Å². The van der Waals surface area contributed by atoms with E-state index < -0.39 is 0 Å². The quantitative estimate of drug-likeness (QED) is 0.193. The van der Waals surface area contributed by atoms with Gasteiger partial charge in [0.15, 0.2) is 0 Å². The summed E-state index contributed by atoms with van der Waals surface area (Å²) in [5, 5.41) is 10.5. The van der Waals surface area contributed by atoms with Crippen LogP contribution in [0.5, 0.6) is 5.75 Å². The molecular weight excluding hydrogens is 699 g/mol. The van der Waals surface area contributed by atoms with E-state index in [4.69, 9.17) is 16.3 Å². The largest absolute Gasteiger partial charge is 0.508 e. The number of aromatic nitrogens is 3. The van der Waals surface area contributed by atoms with Crippen molar-refractivity contribution < 1.29 is 19.4 Å². The number of halogens is 2. The maximum absolute atomic E-state index is 14.9. The highest BCUT2D eigenvalue weighted by Gasteiger charge is 2.35. The lowest BCUT2D eigenvalue weighted by Gasteiger charge is -2.40. The number of carbonyl (C=O) groups is 2. The molecule has 0 radical (unpaired) electrons. The Hall–Kier alpha value is -4.74. The number of aromatic hydroxyl groups is 1. The molecule has 8 rings (SSSR count). The average Bonchev–Trinajstić information content (AvgIpc) is 3.56. The summed E-state index contributed by atoms with van der Waals surface area (Å²) >= 11 is 6.69. The Kier molecular flexibility index (Phi) is 10.6. The van der Waals surface area contributed by atoms with Gasteiger partial charge in [-0.1, -0.05) is 35.9 Å². The van der Waals surface area contributed by atoms with Gasteiger partial charge >= 0.3 is 0 Å². The molecule has 0 unspecified atom stereocenters. The SMILES string of the molecule is Cl.O=C(c1cc(-c2cc(Cl)ccc2C(=O)N2Cc3ccccc3C[C@H]2CN2CCOCC2)n2c1CCCC2)N(c1ccc(O)cc1)c1ncccn1. The topological polar surface area (TPSA) is 104 Å². The van der Waals surface area contributed by atoms with E-state index in [1.807, 2.05) is 29.2 Å². The molecule has 5 aromatic rings. The van der Waals surface area contributed by atoms with Crippen molar-refractivity contribution in [2.24, 2.45) is 0 Å². The first-order chi connectivity index (χ1) is 24.9. The molecule has 3 aliphatic heterocycles. The van der Waals surface area contributed by atoms with Gasteiger partial charge in [-0.2, -0.15) is 0 Å². The predicted octanol–water partition coefficient (Wildman–Crippen LogP) is 6.94. The van der Waals surface area contributed by atoms with Crippen LogP contribution in [0.15, 0.2) is 91.3 Å². The highest BCUT2D eigenvalue weighted by molar-refractivity contribution is 6.31. The first kappa shape index (κ1) is 35.7. The van der Waals surface area contributed by atoms with Crippen molar-refractivity contribution in [1.82, 2.24) is 24.3 Å². The average molecular weight is 740 g/mol. The van der Waals surface area contributed by atoms with Crippen LogP contribution in [0.2, 0.25) is 5.02 Å². The van der Waals surface area contributed by atoms with Crippen LogP contribution in [-0.4, -0.2) is 80.1 Å². The van der Waals surface area contributed by atoms with Crippen molar-refractivity contribution in [2.75, 3.05) is 37.7 Å². The molecule has 2 aromatic heterocycles. The van der Waals surface area contributed by atoms with E-state index in [0.29, 0.717) is 60.1 Å². The third-order valence-electron chi connectivity index (χ3n) is 10.2. The van der Waals surface area contributed by atoms with Gasteiger partial charge in [0.05, 0.1) is 24.5 Å². The molecule has 3 aliphatic rings. The summed E-state index contributed by atoms with van der Waals surface area (Å²) in [4.78, 5) is 44.3. The van der Waals surface area contributed by atoms with Crippen molar-refractivity contribution in [3.8, 4) is 17.0 Å². The summed E-state index contributed by atoms with van der Waals surface area (Å²) in [6.45, 7) is 5.05. The summed E-state index contributed by atoms with van der Waals surface area (Å²) in [7, 11) is 0. The molecular formula is C40H40Cl2N6O4. The van der Waals surface area contributed by atoms with Crippen LogP contribution in [0.3, 0.4) is 0 Å². The smallest absolute Gasteiger partial charge is 0.267 e. The minimum absolute atomic E-state index is 0. The Balaban J connectivity index is 0.00000420. The molecule has 5 heterocycles. The molecule has 10 nitrogen and oxygen atoms in total. The lowest BCUT2D eigenvalue weighted by molar-refractivity contribution is 0.0193. The van der Waals surface area contributed by atoms with Gasteiger partial charge in [-0.25, -0.2) is 14.9 Å². The molecule has 1 atom stereocenters. The Morgan fingerprint density at radius 2 is 1.63 bits per heavy atom. The first-order valence-electron chi connectivity index (χ1n) is 17.6. The predicted molar refractivity (Wildman–Crippen MR) is 203 cm³/mol. The van der Waals surface area contributed by atoms with Gasteiger partial charge in [-0.05, 0) is 91.4 Å². The Morgan fingerprint density at radius 1 is 0.885 bits per heavy atom. The number of rotatable bonds is 7. The monoisotopic (exact) mass is 738 g/mol. The van der Waals surface area contributed by atoms with Crippen LogP contribution in [0, 0.1) is 0 Å². The number of amides is 2. The van der Waals surface area contributed by atoms with E-state index in [-0.39, 0.29) is 42.0 Å². The summed E-state index contributed by atoms with van der Waals surface area (Å²) in [6.07, 6.45) is 6.55. The molecule has 0 spiro atoms. The molecule has 268 valence electrons. The zero-order valence-electron chi connectivity index (χ0n) is 28.7. The second-order valence-corrected chi connectivity index (χ2v) is 13.8. The Bertz CT molecular complexity index is 2070. The van der Waals surface area contributed by atoms with Gasteiger partial charge in [0, 0.05) is 78.7 Å². The number of hydrogen-bond acceptors (Lipinski definition) is 7. The molecule has 2 amide bonds. The number of carbonyl (C=O) groups excluding carboxylic acids is 2. The van der Waals surface area contributed by atoms with Gasteiger partial charge in [-0.15, -0.1) is 12.4 Å². The van der Waals surface area contributed by atoms with Gasteiger partial charge in [-0.3, -0.25) is 14.5 Å². The standard InChI is InChI=1S/C40H39ClN6O4.ClH/c41-29-9-14-33(38(49)46-25-28-7-2-1-6-27(28)22-31(46)26-44-18-20-51-21-19-44)34(23-29)37-24-35(36-8-3-4-17-45(36)37)39(50)47(40-42-15-5-16-43-40)30-10-12-32(48)13-11-30;/h1-2,5-7,9-16,23-24,31,48H,3-4,8,17-22,25-26H2;1H/t31-;/m0./s1. The molecule has 12 heteroatoms. The maximum atomic E-state index is 14.9. The normalized spacial score (nSPS) is 17.1. The molecule has 1 fully saturated rings. The lowest BCUT2D eigenvalue weighted by atomic mass is 9.92.